The van der Waals surface area contributed by atoms with Gasteiger partial charge in [-0.3, -0.25) is 14.9 Å². The van der Waals surface area contributed by atoms with Crippen molar-refractivity contribution in [3.63, 3.8) is 0 Å². The highest BCUT2D eigenvalue weighted by atomic mass is 35.5. The molecule has 3 rings (SSSR count). The van der Waals surface area contributed by atoms with Crippen molar-refractivity contribution in [2.24, 2.45) is 0 Å². The van der Waals surface area contributed by atoms with Gasteiger partial charge in [-0.05, 0) is 43.0 Å². The molecule has 0 atom stereocenters. The van der Waals surface area contributed by atoms with Gasteiger partial charge in [-0.1, -0.05) is 29.8 Å². The van der Waals surface area contributed by atoms with Crippen LogP contribution in [0.1, 0.15) is 24.0 Å². The lowest BCUT2D eigenvalue weighted by atomic mass is 9.94. The summed E-state index contributed by atoms with van der Waals surface area (Å²) < 4.78 is 0. The summed E-state index contributed by atoms with van der Waals surface area (Å²) in [7, 11) is 0. The number of benzene rings is 2. The number of nitrogens with one attached hydrogen (secondary N) is 1. The second-order valence-corrected chi connectivity index (χ2v) is 6.21. The molecule has 118 valence electrons. The van der Waals surface area contributed by atoms with E-state index in [1.54, 1.807) is 18.2 Å². The smallest absolute Gasteiger partial charge is 0.269 e. The van der Waals surface area contributed by atoms with Crippen LogP contribution in [0.5, 0.6) is 0 Å². The minimum absolute atomic E-state index is 0.0234. The summed E-state index contributed by atoms with van der Waals surface area (Å²) in [5.74, 6) is -0.105. The summed E-state index contributed by atoms with van der Waals surface area (Å²) in [4.78, 5) is 22.9. The summed E-state index contributed by atoms with van der Waals surface area (Å²) in [6, 6.07) is 11.6. The summed E-state index contributed by atoms with van der Waals surface area (Å²) in [6.07, 6.45) is 1.46. The molecule has 5 nitrogen and oxygen atoms in total. The highest BCUT2D eigenvalue weighted by Crippen LogP contribution is 2.49. The number of aryl methyl sites for hydroxylation is 1. The van der Waals surface area contributed by atoms with Crippen molar-refractivity contribution < 1.29 is 9.72 Å². The molecule has 2 aromatic carbocycles. The average Bonchev–Trinajstić information content (AvgIpc) is 3.33. The Labute approximate surface area is 138 Å². The zero-order valence-electron chi connectivity index (χ0n) is 12.5. The lowest BCUT2D eigenvalue weighted by Crippen LogP contribution is -2.27. The highest BCUT2D eigenvalue weighted by Gasteiger charge is 2.51. The van der Waals surface area contributed by atoms with E-state index in [2.05, 4.69) is 5.32 Å². The largest absolute Gasteiger partial charge is 0.325 e. The maximum absolute atomic E-state index is 12.6. The number of nitrogens with zero attached hydrogens (tertiary/aromatic N) is 1. The number of rotatable bonds is 4. The van der Waals surface area contributed by atoms with Gasteiger partial charge in [-0.25, -0.2) is 0 Å². The van der Waals surface area contributed by atoms with E-state index < -0.39 is 10.3 Å². The number of carbonyl (C=O) groups is 1. The summed E-state index contributed by atoms with van der Waals surface area (Å²) in [6.45, 7) is 1.90. The van der Waals surface area contributed by atoms with E-state index in [9.17, 15) is 14.9 Å². The van der Waals surface area contributed by atoms with Crippen LogP contribution in [0.3, 0.4) is 0 Å². The minimum Gasteiger partial charge on any atom is -0.325 e. The Morgan fingerprint density at radius 1 is 1.22 bits per heavy atom. The molecule has 1 fully saturated rings. The fourth-order valence-electron chi connectivity index (χ4n) is 2.60. The zero-order chi connectivity index (χ0) is 16.6. The van der Waals surface area contributed by atoms with Gasteiger partial charge in [-0.2, -0.15) is 0 Å². The number of hydrogen-bond donors (Lipinski definition) is 1. The van der Waals surface area contributed by atoms with Gasteiger partial charge in [0.15, 0.2) is 0 Å². The van der Waals surface area contributed by atoms with Crippen molar-refractivity contribution >= 4 is 28.9 Å². The molecule has 0 saturated heterocycles. The van der Waals surface area contributed by atoms with Crippen LogP contribution in [-0.4, -0.2) is 10.8 Å². The van der Waals surface area contributed by atoms with Crippen molar-refractivity contribution in [1.29, 1.82) is 0 Å². The summed E-state index contributed by atoms with van der Waals surface area (Å²) in [5, 5.41) is 14.2. The molecular weight excluding hydrogens is 316 g/mol. The van der Waals surface area contributed by atoms with E-state index in [1.807, 2.05) is 19.1 Å². The molecule has 0 aromatic heterocycles. The minimum atomic E-state index is -0.591. The molecular formula is C17H15ClN2O3. The van der Waals surface area contributed by atoms with Crippen molar-refractivity contribution in [3.05, 3.63) is 68.7 Å². The second kappa shape index (κ2) is 5.66. The monoisotopic (exact) mass is 330 g/mol. The van der Waals surface area contributed by atoms with Crippen molar-refractivity contribution in [2.45, 2.75) is 25.2 Å². The van der Waals surface area contributed by atoms with Crippen LogP contribution in [0, 0.1) is 17.0 Å². The molecule has 2 aromatic rings. The van der Waals surface area contributed by atoms with E-state index in [1.165, 1.54) is 12.1 Å². The third-order valence-corrected chi connectivity index (χ3v) is 4.65. The average molecular weight is 331 g/mol. The lowest BCUT2D eigenvalue weighted by Gasteiger charge is -2.16. The molecule has 0 radical (unpaired) electrons. The third-order valence-electron chi connectivity index (χ3n) is 4.25. The van der Waals surface area contributed by atoms with Crippen LogP contribution in [-0.2, 0) is 10.2 Å². The fourth-order valence-corrected chi connectivity index (χ4v) is 2.78. The Kier molecular flexibility index (Phi) is 3.82. The van der Waals surface area contributed by atoms with Crippen LogP contribution < -0.4 is 5.32 Å². The Morgan fingerprint density at radius 3 is 2.39 bits per heavy atom. The normalized spacial score (nSPS) is 15.0. The predicted octanol–water partition coefficient (Wildman–Crippen LogP) is 4.23. The van der Waals surface area contributed by atoms with Gasteiger partial charge < -0.3 is 5.32 Å². The summed E-state index contributed by atoms with van der Waals surface area (Å²) >= 11 is 6.08. The molecule has 1 saturated carbocycles. The summed E-state index contributed by atoms with van der Waals surface area (Å²) in [5.41, 5.74) is 1.83. The first-order chi connectivity index (χ1) is 10.9. The SMILES string of the molecule is Cc1ccc(NC(=O)C2(c3ccc([N+](=O)[O-])cc3)CC2)cc1Cl. The second-order valence-electron chi connectivity index (χ2n) is 5.80. The van der Waals surface area contributed by atoms with Gasteiger partial charge in [0.1, 0.15) is 0 Å². The van der Waals surface area contributed by atoms with Gasteiger partial charge in [-0.15, -0.1) is 0 Å². The number of hydrogen-bond acceptors (Lipinski definition) is 3. The van der Waals surface area contributed by atoms with Gasteiger partial charge in [0.2, 0.25) is 5.91 Å². The number of non-ortho nitro benzene ring substituents is 1. The molecule has 6 heteroatoms. The number of nitro groups is 1. The van der Waals surface area contributed by atoms with Crippen molar-refractivity contribution in [1.82, 2.24) is 0 Å². The van der Waals surface area contributed by atoms with E-state index in [-0.39, 0.29) is 11.6 Å². The standard InChI is InChI=1S/C17H15ClN2O3/c1-11-2-5-13(10-15(11)18)19-16(21)17(8-9-17)12-3-6-14(7-4-12)20(22)23/h2-7,10H,8-9H2,1H3,(H,19,21). The van der Waals surface area contributed by atoms with Gasteiger partial charge in [0, 0.05) is 22.8 Å². The maximum atomic E-state index is 12.6. The number of nitro benzene ring substituents is 1. The van der Waals surface area contributed by atoms with Crippen LogP contribution in [0.4, 0.5) is 11.4 Å². The zero-order valence-corrected chi connectivity index (χ0v) is 13.3. The Morgan fingerprint density at radius 2 is 1.87 bits per heavy atom. The van der Waals surface area contributed by atoms with E-state index in [4.69, 9.17) is 11.6 Å². The molecule has 23 heavy (non-hydrogen) atoms. The Bertz CT molecular complexity index is 783. The number of amides is 1. The molecule has 0 aliphatic heterocycles. The van der Waals surface area contributed by atoms with Crippen LogP contribution in [0.25, 0.3) is 0 Å². The highest BCUT2D eigenvalue weighted by molar-refractivity contribution is 6.31. The van der Waals surface area contributed by atoms with Crippen LogP contribution in [0.15, 0.2) is 42.5 Å². The van der Waals surface area contributed by atoms with E-state index >= 15 is 0 Å². The Balaban J connectivity index is 1.80. The molecule has 0 unspecified atom stereocenters. The molecule has 1 N–H and O–H groups in total. The first-order valence-electron chi connectivity index (χ1n) is 7.25. The molecule has 1 amide bonds. The quantitative estimate of drug-likeness (QED) is 0.673. The molecule has 1 aliphatic rings. The molecule has 0 spiro atoms. The molecule has 1 aliphatic carbocycles. The van der Waals surface area contributed by atoms with E-state index in [0.717, 1.165) is 24.0 Å². The molecule has 0 heterocycles. The number of halogens is 1. The van der Waals surface area contributed by atoms with Crippen LogP contribution in [0.2, 0.25) is 5.02 Å². The van der Waals surface area contributed by atoms with Gasteiger partial charge in [0.05, 0.1) is 10.3 Å². The lowest BCUT2D eigenvalue weighted by molar-refractivity contribution is -0.384. The number of carbonyl (C=O) groups excluding carboxylic acids is 1. The van der Waals surface area contributed by atoms with E-state index in [0.29, 0.717) is 10.7 Å². The third kappa shape index (κ3) is 2.92. The van der Waals surface area contributed by atoms with Gasteiger partial charge >= 0.3 is 0 Å². The van der Waals surface area contributed by atoms with Gasteiger partial charge in [0.25, 0.3) is 5.69 Å². The predicted molar refractivity (Wildman–Crippen MR) is 88.8 cm³/mol. The maximum Gasteiger partial charge on any atom is 0.269 e. The first-order valence-corrected chi connectivity index (χ1v) is 7.63. The fraction of sp³-hybridized carbons (Fsp3) is 0.235. The number of anilines is 1. The Hall–Kier alpha value is -2.40. The molecule has 0 bridgehead atoms. The topological polar surface area (TPSA) is 72.2 Å². The van der Waals surface area contributed by atoms with Crippen molar-refractivity contribution in [3.8, 4) is 0 Å². The van der Waals surface area contributed by atoms with Crippen LogP contribution >= 0.6 is 11.6 Å². The first kappa shape index (κ1) is 15.5. The van der Waals surface area contributed by atoms with Crippen molar-refractivity contribution in [2.75, 3.05) is 5.32 Å².